The van der Waals surface area contributed by atoms with Gasteiger partial charge in [0.1, 0.15) is 36.4 Å². The largest absolute Gasteiger partial charge is 0.418 e. The first-order valence-corrected chi connectivity index (χ1v) is 16.1. The van der Waals surface area contributed by atoms with E-state index in [9.17, 15) is 126 Å². The van der Waals surface area contributed by atoms with Crippen LogP contribution < -0.4 is 0 Å². The van der Waals surface area contributed by atoms with E-state index in [1.165, 1.54) is 0 Å². The lowest BCUT2D eigenvalue weighted by Crippen LogP contribution is -2.21. The van der Waals surface area contributed by atoms with Crippen LogP contribution in [0.2, 0.25) is 0 Å². The van der Waals surface area contributed by atoms with Crippen molar-refractivity contribution in [1.29, 1.82) is 47.4 Å². The van der Waals surface area contributed by atoms with Gasteiger partial charge in [-0.3, -0.25) is 0 Å². The van der Waals surface area contributed by atoms with Crippen LogP contribution in [0.3, 0.4) is 0 Å². The molecule has 0 unspecified atom stereocenters. The van der Waals surface area contributed by atoms with Gasteiger partial charge in [0.05, 0.1) is 102 Å². The molecule has 0 amide bonds. The van der Waals surface area contributed by atoms with E-state index < -0.39 is 154 Å². The number of alkyl halides is 18. The Morgan fingerprint density at radius 3 is 0.591 bits per heavy atom. The third-order valence-corrected chi connectivity index (χ3v) is 8.96. The van der Waals surface area contributed by atoms with Gasteiger partial charge >= 0.3 is 37.1 Å². The van der Waals surface area contributed by atoms with Crippen molar-refractivity contribution in [1.82, 2.24) is 0 Å². The van der Waals surface area contributed by atoms with Crippen LogP contribution in [-0.2, 0) is 37.1 Å². The number of allylic oxidation sites excluding steroid dienone is 6. The molecule has 27 heteroatoms. The minimum absolute atomic E-state index is 0.253. The van der Waals surface area contributed by atoms with E-state index in [-0.39, 0.29) is 18.2 Å². The number of benzene rings is 3. The highest BCUT2D eigenvalue weighted by atomic mass is 19.4. The molecule has 1 aliphatic rings. The molecule has 66 heavy (non-hydrogen) atoms. The average Bonchev–Trinajstić information content (AvgIpc) is 3.90. The lowest BCUT2D eigenvalue weighted by atomic mass is 9.87. The fourth-order valence-corrected chi connectivity index (χ4v) is 6.68. The minimum Gasteiger partial charge on any atom is -0.192 e. The zero-order valence-corrected chi connectivity index (χ0v) is 30.6. The molecule has 1 saturated carbocycles. The van der Waals surface area contributed by atoms with Crippen LogP contribution in [0.1, 0.15) is 83.5 Å². The van der Waals surface area contributed by atoms with Crippen LogP contribution in [0.25, 0.3) is 16.7 Å². The average molecular weight is 939 g/mol. The number of hydrogen-bond acceptors (Lipinski definition) is 9. The Kier molecular flexibility index (Phi) is 12.3. The number of rotatable bonds is 3. The molecule has 0 spiro atoms. The van der Waals surface area contributed by atoms with Crippen LogP contribution in [0.4, 0.5) is 79.0 Å². The Morgan fingerprint density at radius 1 is 0.288 bits per heavy atom. The summed E-state index contributed by atoms with van der Waals surface area (Å²) in [6, 6.07) is 6.30. The zero-order chi connectivity index (χ0) is 50.6. The van der Waals surface area contributed by atoms with Crippen LogP contribution in [0.5, 0.6) is 0 Å². The van der Waals surface area contributed by atoms with Crippen molar-refractivity contribution in [2.45, 2.75) is 37.1 Å². The van der Waals surface area contributed by atoms with Crippen molar-refractivity contribution in [3.63, 3.8) is 0 Å². The maximum Gasteiger partial charge on any atom is 0.418 e. The molecule has 0 aliphatic heterocycles. The molecule has 1 fully saturated rings. The first-order chi connectivity index (χ1) is 30.2. The summed E-state index contributed by atoms with van der Waals surface area (Å²) in [5.74, 6) is 0. The Bertz CT molecular complexity index is 2840. The summed E-state index contributed by atoms with van der Waals surface area (Å²) in [6.45, 7) is 0. The molecule has 3 aromatic carbocycles. The second-order valence-electron chi connectivity index (χ2n) is 12.5. The van der Waals surface area contributed by atoms with Crippen LogP contribution >= 0.6 is 0 Å². The number of halogens is 18. The maximum absolute atomic E-state index is 14.5. The van der Waals surface area contributed by atoms with E-state index in [2.05, 4.69) is 0 Å². The molecule has 9 nitrogen and oxygen atoms in total. The van der Waals surface area contributed by atoms with Gasteiger partial charge in [-0.15, -0.1) is 0 Å². The lowest BCUT2D eigenvalue weighted by Gasteiger charge is -2.20. The van der Waals surface area contributed by atoms with Crippen LogP contribution in [-0.4, -0.2) is 0 Å². The molecule has 0 radical (unpaired) electrons. The summed E-state index contributed by atoms with van der Waals surface area (Å²) < 4.78 is 257. The number of nitrogens with zero attached hydrogens (tertiary/aromatic N) is 9. The van der Waals surface area contributed by atoms with E-state index in [0.717, 1.165) is 18.2 Å². The third-order valence-electron chi connectivity index (χ3n) is 8.96. The van der Waals surface area contributed by atoms with Crippen molar-refractivity contribution >= 4 is 16.7 Å². The molecule has 1 aliphatic carbocycles. The molecule has 3 aromatic rings. The fraction of sp³-hybridized carbons (Fsp3) is 0.154. The molecular weight excluding hydrogens is 936 g/mol. The van der Waals surface area contributed by atoms with Gasteiger partial charge in [0.2, 0.25) is 0 Å². The Hall–Kier alpha value is -8.97. The van der Waals surface area contributed by atoms with Gasteiger partial charge in [-0.1, -0.05) is 0 Å². The number of hydrogen-bond donors (Lipinski definition) is 0. The fourth-order valence-electron chi connectivity index (χ4n) is 6.68. The highest BCUT2D eigenvalue weighted by Crippen LogP contribution is 2.59. The second-order valence-corrected chi connectivity index (χ2v) is 12.5. The van der Waals surface area contributed by atoms with Gasteiger partial charge in [-0.05, 0) is 18.2 Å². The van der Waals surface area contributed by atoms with Crippen molar-refractivity contribution in [2.24, 2.45) is 0 Å². The van der Waals surface area contributed by atoms with Crippen molar-refractivity contribution in [3.05, 3.63) is 118 Å². The van der Waals surface area contributed by atoms with Crippen LogP contribution in [0, 0.1) is 102 Å². The second kappa shape index (κ2) is 16.3. The van der Waals surface area contributed by atoms with Gasteiger partial charge in [0, 0.05) is 33.4 Å². The lowest BCUT2D eigenvalue weighted by molar-refractivity contribution is -0.162. The van der Waals surface area contributed by atoms with Crippen LogP contribution in [0.15, 0.2) is 34.9 Å². The zero-order valence-electron chi connectivity index (χ0n) is 30.6. The highest BCUT2D eigenvalue weighted by Gasteiger charge is 2.53. The predicted octanol–water partition coefficient (Wildman–Crippen LogP) is 11.3. The molecular formula is C39H3F18N9. The number of nitriles is 9. The van der Waals surface area contributed by atoms with E-state index in [1.54, 1.807) is 0 Å². The Labute approximate surface area is 353 Å². The van der Waals surface area contributed by atoms with E-state index in [0.29, 0.717) is 36.4 Å². The minimum atomic E-state index is -6.33. The first kappa shape index (κ1) is 49.7. The van der Waals surface area contributed by atoms with Gasteiger partial charge in [0.15, 0.2) is 0 Å². The smallest absolute Gasteiger partial charge is 0.192 e. The topological polar surface area (TPSA) is 214 Å². The normalized spacial score (nSPS) is 12.8. The molecule has 0 N–H and O–H groups in total. The molecule has 0 saturated heterocycles. The summed E-state index contributed by atoms with van der Waals surface area (Å²) in [6.07, 6.45) is -37.5. The van der Waals surface area contributed by atoms with Crippen molar-refractivity contribution in [3.8, 4) is 54.6 Å². The van der Waals surface area contributed by atoms with Gasteiger partial charge in [-0.2, -0.15) is 126 Å². The third kappa shape index (κ3) is 8.31. The molecule has 330 valence electrons. The monoisotopic (exact) mass is 939 g/mol. The maximum atomic E-state index is 14.5. The molecule has 4 rings (SSSR count). The molecule has 0 atom stereocenters. The van der Waals surface area contributed by atoms with Crippen molar-refractivity contribution < 1.29 is 79.0 Å². The molecule has 0 bridgehead atoms. The highest BCUT2D eigenvalue weighted by molar-refractivity contribution is 6.13. The molecule has 0 aromatic heterocycles. The quantitative estimate of drug-likeness (QED) is 0.180. The summed E-state index contributed by atoms with van der Waals surface area (Å²) in [5, 5.41) is 89.1. The predicted molar refractivity (Wildman–Crippen MR) is 175 cm³/mol. The molecule has 0 heterocycles. The summed E-state index contributed by atoms with van der Waals surface area (Å²) >= 11 is 0. The first-order valence-electron chi connectivity index (χ1n) is 16.1. The summed E-state index contributed by atoms with van der Waals surface area (Å²) in [5.41, 5.74) is -46.0. The van der Waals surface area contributed by atoms with Gasteiger partial charge < -0.3 is 0 Å². The van der Waals surface area contributed by atoms with E-state index >= 15 is 0 Å². The van der Waals surface area contributed by atoms with E-state index in [1.807, 2.05) is 0 Å². The standard InChI is InChI=1S/C39H3F18N9/c40-34(41,42)28-13(4-58)1-16(22(10-64)31(28)37(49,50)51)19(7-61)25-26(20(8-62)17-2-14(5-59)29(35(43,44)45)32(23(17)11-65)38(52,53)54)27(25)21(9-63)18-3-15(6-60)30(36(46,47)48)33(24(18)12-66)39(55,56)57/h1-3H. The van der Waals surface area contributed by atoms with Gasteiger partial charge in [-0.25, -0.2) is 0 Å². The summed E-state index contributed by atoms with van der Waals surface area (Å²) in [4.78, 5) is 0. The summed E-state index contributed by atoms with van der Waals surface area (Å²) in [7, 11) is 0. The van der Waals surface area contributed by atoms with E-state index in [4.69, 9.17) is 0 Å². The Morgan fingerprint density at radius 2 is 0.470 bits per heavy atom. The Balaban J connectivity index is 2.59. The SMILES string of the molecule is N#CC(=C1C(=C(C#N)c2cc(C#N)c(C(F)(F)F)c(C(F)(F)F)c2C#N)C1=C(C#N)c1cc(C#N)c(C(F)(F)F)c(C(F)(F)F)c1C#N)c1cc(C#N)c(C(F)(F)F)c(C(F)(F)F)c1C#N. The van der Waals surface area contributed by atoms with Gasteiger partial charge in [0.25, 0.3) is 0 Å². The van der Waals surface area contributed by atoms with Crippen molar-refractivity contribution in [2.75, 3.05) is 0 Å².